The molecule has 0 aromatic heterocycles. The Labute approximate surface area is 144 Å². The summed E-state index contributed by atoms with van der Waals surface area (Å²) >= 11 is 3.43. The molecular formula is C17H22BrNO4. The van der Waals surface area contributed by atoms with Gasteiger partial charge in [-0.25, -0.2) is 0 Å². The van der Waals surface area contributed by atoms with E-state index in [-0.39, 0.29) is 12.5 Å². The number of amides is 1. The van der Waals surface area contributed by atoms with Gasteiger partial charge in [0.1, 0.15) is 5.75 Å². The van der Waals surface area contributed by atoms with Crippen molar-refractivity contribution < 1.29 is 19.4 Å². The monoisotopic (exact) mass is 383 g/mol. The van der Waals surface area contributed by atoms with Crippen molar-refractivity contribution in [3.63, 3.8) is 0 Å². The minimum absolute atomic E-state index is 0.132. The molecule has 0 radical (unpaired) electrons. The first-order chi connectivity index (χ1) is 10.9. The van der Waals surface area contributed by atoms with E-state index in [1.807, 2.05) is 0 Å². The fraction of sp³-hybridized carbons (Fsp3) is 0.529. The molecule has 1 aromatic rings. The molecule has 1 aliphatic rings. The number of halogens is 1. The van der Waals surface area contributed by atoms with E-state index < -0.39 is 11.9 Å². The third-order valence-electron chi connectivity index (χ3n) is 3.81. The average Bonchev–Trinajstić information content (AvgIpc) is 2.53. The predicted molar refractivity (Wildman–Crippen MR) is 90.7 cm³/mol. The summed E-state index contributed by atoms with van der Waals surface area (Å²) in [5.74, 6) is -0.306. The second-order valence-electron chi connectivity index (χ2n) is 6.28. The Bertz CT molecular complexity index is 588. The molecule has 2 rings (SSSR count). The molecule has 1 unspecified atom stereocenters. The molecule has 1 N–H and O–H groups in total. The van der Waals surface area contributed by atoms with Gasteiger partial charge in [-0.15, -0.1) is 0 Å². The van der Waals surface area contributed by atoms with Gasteiger partial charge in [-0.05, 0) is 52.9 Å². The van der Waals surface area contributed by atoms with E-state index in [1.165, 1.54) is 0 Å². The normalized spacial score (nSPS) is 18.1. The van der Waals surface area contributed by atoms with Crippen LogP contribution in [-0.4, -0.2) is 41.6 Å². The van der Waals surface area contributed by atoms with Gasteiger partial charge in [0.25, 0.3) is 5.91 Å². The van der Waals surface area contributed by atoms with E-state index in [2.05, 4.69) is 29.8 Å². The number of rotatable bonds is 5. The van der Waals surface area contributed by atoms with Crippen molar-refractivity contribution >= 4 is 27.8 Å². The van der Waals surface area contributed by atoms with Gasteiger partial charge in [0.05, 0.1) is 17.0 Å². The number of carbonyl (C=O) groups excluding carboxylic acids is 1. The van der Waals surface area contributed by atoms with Crippen LogP contribution >= 0.6 is 15.9 Å². The average molecular weight is 384 g/mol. The summed E-state index contributed by atoms with van der Waals surface area (Å²) in [5.41, 5.74) is 0.541. The van der Waals surface area contributed by atoms with E-state index in [0.29, 0.717) is 36.8 Å². The number of hydrogen-bond acceptors (Lipinski definition) is 3. The highest BCUT2D eigenvalue weighted by Crippen LogP contribution is 2.28. The molecule has 1 heterocycles. The van der Waals surface area contributed by atoms with Crippen molar-refractivity contribution in [2.24, 2.45) is 11.8 Å². The number of aliphatic carboxylic acids is 1. The van der Waals surface area contributed by atoms with E-state index in [1.54, 1.807) is 23.1 Å². The zero-order valence-corrected chi connectivity index (χ0v) is 15.0. The topological polar surface area (TPSA) is 66.8 Å². The maximum atomic E-state index is 12.6. The lowest BCUT2D eigenvalue weighted by atomic mass is 9.97. The van der Waals surface area contributed by atoms with Crippen molar-refractivity contribution in [2.75, 3.05) is 19.7 Å². The van der Waals surface area contributed by atoms with Crippen molar-refractivity contribution in [3.8, 4) is 5.75 Å². The number of benzene rings is 1. The second-order valence-corrected chi connectivity index (χ2v) is 7.13. The summed E-state index contributed by atoms with van der Waals surface area (Å²) in [7, 11) is 0. The minimum atomic E-state index is -0.832. The highest BCUT2D eigenvalue weighted by Gasteiger charge is 2.28. The highest BCUT2D eigenvalue weighted by molar-refractivity contribution is 9.10. The first kappa shape index (κ1) is 17.8. The number of piperidine rings is 1. The molecule has 23 heavy (non-hydrogen) atoms. The Kier molecular flexibility index (Phi) is 6.04. The molecule has 1 fully saturated rings. The lowest BCUT2D eigenvalue weighted by molar-refractivity contribution is -0.143. The maximum Gasteiger partial charge on any atom is 0.308 e. The Morgan fingerprint density at radius 3 is 2.78 bits per heavy atom. The van der Waals surface area contributed by atoms with Crippen LogP contribution < -0.4 is 4.74 Å². The molecule has 1 saturated heterocycles. The first-order valence-electron chi connectivity index (χ1n) is 7.83. The van der Waals surface area contributed by atoms with Crippen LogP contribution in [0.4, 0.5) is 0 Å². The molecule has 126 valence electrons. The van der Waals surface area contributed by atoms with Gasteiger partial charge in [-0.3, -0.25) is 9.59 Å². The quantitative estimate of drug-likeness (QED) is 0.845. The van der Waals surface area contributed by atoms with Crippen LogP contribution in [-0.2, 0) is 4.79 Å². The van der Waals surface area contributed by atoms with Gasteiger partial charge in [-0.2, -0.15) is 0 Å². The zero-order chi connectivity index (χ0) is 17.0. The summed E-state index contributed by atoms with van der Waals surface area (Å²) < 4.78 is 6.41. The lowest BCUT2D eigenvalue weighted by Crippen LogP contribution is -2.42. The predicted octanol–water partition coefficient (Wildman–Crippen LogP) is 3.42. The Hall–Kier alpha value is -1.56. The SMILES string of the molecule is CC(C)COc1ccc(C(=O)N2CCCC(C(=O)O)C2)cc1Br. The summed E-state index contributed by atoms with van der Waals surface area (Å²) in [6.45, 7) is 5.63. The standard InChI is InChI=1S/C17H22BrNO4/c1-11(2)10-23-15-6-5-12(8-14(15)18)16(20)19-7-3-4-13(9-19)17(21)22/h5-6,8,11,13H,3-4,7,9-10H2,1-2H3,(H,21,22). The highest BCUT2D eigenvalue weighted by atomic mass is 79.9. The fourth-order valence-corrected chi connectivity index (χ4v) is 3.05. The fourth-order valence-electron chi connectivity index (χ4n) is 2.55. The molecular weight excluding hydrogens is 362 g/mol. The molecule has 0 spiro atoms. The molecule has 1 aromatic carbocycles. The van der Waals surface area contributed by atoms with Crippen molar-refractivity contribution in [2.45, 2.75) is 26.7 Å². The van der Waals surface area contributed by atoms with E-state index in [0.717, 1.165) is 10.9 Å². The van der Waals surface area contributed by atoms with Crippen LogP contribution in [0.15, 0.2) is 22.7 Å². The number of carbonyl (C=O) groups is 2. The molecule has 0 saturated carbocycles. The van der Waals surface area contributed by atoms with Gasteiger partial charge < -0.3 is 14.7 Å². The van der Waals surface area contributed by atoms with Crippen molar-refractivity contribution in [1.29, 1.82) is 0 Å². The zero-order valence-electron chi connectivity index (χ0n) is 13.4. The molecule has 1 aliphatic heterocycles. The van der Waals surface area contributed by atoms with Crippen molar-refractivity contribution in [1.82, 2.24) is 4.90 Å². The van der Waals surface area contributed by atoms with Crippen molar-refractivity contribution in [3.05, 3.63) is 28.2 Å². The van der Waals surface area contributed by atoms with Crippen LogP contribution in [0.1, 0.15) is 37.0 Å². The number of ether oxygens (including phenoxy) is 1. The lowest BCUT2D eigenvalue weighted by Gasteiger charge is -2.30. The Balaban J connectivity index is 2.07. The number of likely N-dealkylation sites (tertiary alicyclic amines) is 1. The van der Waals surface area contributed by atoms with Crippen LogP contribution in [0.5, 0.6) is 5.75 Å². The maximum absolute atomic E-state index is 12.6. The Morgan fingerprint density at radius 2 is 2.17 bits per heavy atom. The third-order valence-corrected chi connectivity index (χ3v) is 4.43. The molecule has 6 heteroatoms. The summed E-state index contributed by atoms with van der Waals surface area (Å²) in [4.78, 5) is 25.3. The summed E-state index contributed by atoms with van der Waals surface area (Å²) in [6, 6.07) is 5.24. The van der Waals surface area contributed by atoms with E-state index >= 15 is 0 Å². The molecule has 0 aliphatic carbocycles. The smallest absolute Gasteiger partial charge is 0.308 e. The third kappa shape index (κ3) is 4.70. The first-order valence-corrected chi connectivity index (χ1v) is 8.62. The van der Waals surface area contributed by atoms with Crippen LogP contribution in [0.3, 0.4) is 0 Å². The Morgan fingerprint density at radius 1 is 1.43 bits per heavy atom. The van der Waals surface area contributed by atoms with Gasteiger partial charge in [0.2, 0.25) is 0 Å². The van der Waals surface area contributed by atoms with Gasteiger partial charge in [0.15, 0.2) is 0 Å². The number of nitrogens with zero attached hydrogens (tertiary/aromatic N) is 1. The van der Waals surface area contributed by atoms with Crippen LogP contribution in [0.25, 0.3) is 0 Å². The van der Waals surface area contributed by atoms with E-state index in [4.69, 9.17) is 9.84 Å². The number of hydrogen-bond donors (Lipinski definition) is 1. The van der Waals surface area contributed by atoms with Crippen LogP contribution in [0.2, 0.25) is 0 Å². The summed E-state index contributed by atoms with van der Waals surface area (Å²) in [5, 5.41) is 9.13. The van der Waals surface area contributed by atoms with Gasteiger partial charge >= 0.3 is 5.97 Å². The van der Waals surface area contributed by atoms with Crippen LogP contribution in [0, 0.1) is 11.8 Å². The van der Waals surface area contributed by atoms with Gasteiger partial charge in [-0.1, -0.05) is 13.8 Å². The number of carboxylic acid groups (broad SMARTS) is 1. The molecule has 5 nitrogen and oxygen atoms in total. The largest absolute Gasteiger partial charge is 0.492 e. The molecule has 0 bridgehead atoms. The molecule has 1 amide bonds. The minimum Gasteiger partial charge on any atom is -0.492 e. The van der Waals surface area contributed by atoms with Gasteiger partial charge in [0, 0.05) is 18.7 Å². The molecule has 1 atom stereocenters. The number of carboxylic acids is 1. The van der Waals surface area contributed by atoms with E-state index in [9.17, 15) is 9.59 Å². The summed E-state index contributed by atoms with van der Waals surface area (Å²) in [6.07, 6.45) is 1.35. The second kappa shape index (κ2) is 7.81.